The number of aromatic nitrogens is 2. The molecule has 1 amide bonds. The average Bonchev–Trinajstić information content (AvgIpc) is 3.07. The van der Waals surface area contributed by atoms with Crippen LogP contribution < -0.4 is 5.73 Å². The van der Waals surface area contributed by atoms with Crippen LogP contribution >= 0.6 is 12.4 Å². The summed E-state index contributed by atoms with van der Waals surface area (Å²) in [5.74, 6) is 0.145. The molecule has 0 radical (unpaired) electrons. The summed E-state index contributed by atoms with van der Waals surface area (Å²) >= 11 is 0. The highest BCUT2D eigenvalue weighted by molar-refractivity contribution is 5.85. The number of halogens is 1. The molecule has 6 heteroatoms. The van der Waals surface area contributed by atoms with Gasteiger partial charge in [0.05, 0.1) is 17.8 Å². The zero-order valence-corrected chi connectivity index (χ0v) is 14.3. The minimum Gasteiger partial charge on any atom is -0.341 e. The Morgan fingerprint density at radius 1 is 1.30 bits per heavy atom. The predicted molar refractivity (Wildman–Crippen MR) is 93.2 cm³/mol. The van der Waals surface area contributed by atoms with Crippen molar-refractivity contribution in [3.05, 3.63) is 47.3 Å². The van der Waals surface area contributed by atoms with E-state index in [9.17, 15) is 4.79 Å². The van der Waals surface area contributed by atoms with Crippen molar-refractivity contribution in [1.29, 1.82) is 0 Å². The molecule has 1 fully saturated rings. The zero-order chi connectivity index (χ0) is 15.7. The van der Waals surface area contributed by atoms with Gasteiger partial charge in [0, 0.05) is 30.4 Å². The van der Waals surface area contributed by atoms with E-state index in [0.717, 1.165) is 35.6 Å². The van der Waals surface area contributed by atoms with Gasteiger partial charge in [-0.25, -0.2) is 4.68 Å². The molecule has 1 aromatic carbocycles. The molecule has 1 aromatic heterocycles. The summed E-state index contributed by atoms with van der Waals surface area (Å²) in [6.45, 7) is 5.42. The molecule has 0 saturated carbocycles. The Morgan fingerprint density at radius 2 is 2.00 bits per heavy atom. The second-order valence-corrected chi connectivity index (χ2v) is 5.96. The van der Waals surface area contributed by atoms with Gasteiger partial charge in [-0.15, -0.1) is 12.4 Å². The number of benzene rings is 1. The van der Waals surface area contributed by atoms with E-state index in [4.69, 9.17) is 5.73 Å². The van der Waals surface area contributed by atoms with Crippen molar-refractivity contribution in [3.63, 3.8) is 0 Å². The highest BCUT2D eigenvalue weighted by Gasteiger charge is 2.25. The summed E-state index contributed by atoms with van der Waals surface area (Å²) in [6.07, 6.45) is 1.30. The van der Waals surface area contributed by atoms with E-state index < -0.39 is 0 Å². The Kier molecular flexibility index (Phi) is 5.44. The maximum absolute atomic E-state index is 12.4. The van der Waals surface area contributed by atoms with Crippen molar-refractivity contribution >= 4 is 18.3 Å². The number of hydrogen-bond donors (Lipinski definition) is 1. The Labute approximate surface area is 142 Å². The van der Waals surface area contributed by atoms with Gasteiger partial charge in [0.25, 0.3) is 0 Å². The van der Waals surface area contributed by atoms with Gasteiger partial charge in [0.1, 0.15) is 0 Å². The number of amides is 1. The van der Waals surface area contributed by atoms with Crippen LogP contribution in [-0.4, -0.2) is 39.7 Å². The fourth-order valence-corrected chi connectivity index (χ4v) is 3.03. The Morgan fingerprint density at radius 3 is 2.61 bits per heavy atom. The van der Waals surface area contributed by atoms with Crippen LogP contribution in [0.15, 0.2) is 30.3 Å². The third-order valence-corrected chi connectivity index (χ3v) is 4.35. The van der Waals surface area contributed by atoms with Gasteiger partial charge in [-0.1, -0.05) is 18.2 Å². The van der Waals surface area contributed by atoms with Crippen molar-refractivity contribution in [2.75, 3.05) is 13.1 Å². The van der Waals surface area contributed by atoms with Gasteiger partial charge in [-0.05, 0) is 32.4 Å². The number of aryl methyl sites for hydroxylation is 1. The van der Waals surface area contributed by atoms with Crippen molar-refractivity contribution in [1.82, 2.24) is 14.7 Å². The van der Waals surface area contributed by atoms with E-state index >= 15 is 0 Å². The second kappa shape index (κ2) is 7.15. The number of hydrogen-bond acceptors (Lipinski definition) is 3. The lowest BCUT2D eigenvalue weighted by Crippen LogP contribution is -2.33. The topological polar surface area (TPSA) is 64.2 Å². The van der Waals surface area contributed by atoms with Crippen LogP contribution in [0.4, 0.5) is 0 Å². The van der Waals surface area contributed by atoms with Crippen LogP contribution in [0.2, 0.25) is 0 Å². The Balaban J connectivity index is 0.00000192. The fourth-order valence-electron chi connectivity index (χ4n) is 3.03. The lowest BCUT2D eigenvalue weighted by atomic mass is 10.1. The molecule has 3 rings (SSSR count). The minimum absolute atomic E-state index is 0. The third-order valence-electron chi connectivity index (χ3n) is 4.35. The first-order valence-corrected chi connectivity index (χ1v) is 7.70. The van der Waals surface area contributed by atoms with Crippen LogP contribution in [-0.2, 0) is 11.2 Å². The summed E-state index contributed by atoms with van der Waals surface area (Å²) < 4.78 is 1.91. The molecule has 5 nitrogen and oxygen atoms in total. The van der Waals surface area contributed by atoms with Gasteiger partial charge in [-0.2, -0.15) is 5.10 Å². The largest absolute Gasteiger partial charge is 0.341 e. The molecule has 2 aromatic rings. The Bertz CT molecular complexity index is 683. The van der Waals surface area contributed by atoms with Crippen molar-refractivity contribution in [3.8, 4) is 5.69 Å². The molecule has 1 aliphatic heterocycles. The van der Waals surface area contributed by atoms with Crippen LogP contribution in [0.3, 0.4) is 0 Å². The normalized spacial score (nSPS) is 17.2. The fraction of sp³-hybridized carbons (Fsp3) is 0.412. The van der Waals surface area contributed by atoms with Crippen molar-refractivity contribution in [2.45, 2.75) is 32.7 Å². The maximum Gasteiger partial charge on any atom is 0.227 e. The molecule has 0 spiro atoms. The van der Waals surface area contributed by atoms with Crippen LogP contribution in [0, 0.1) is 13.8 Å². The molecule has 1 saturated heterocycles. The SMILES string of the molecule is Cc1nn(-c2ccccc2)c(C)c1CC(=O)N1CC[C@@H](N)C1.Cl. The molecule has 1 atom stereocenters. The van der Waals surface area contributed by atoms with Gasteiger partial charge in [-0.3, -0.25) is 4.79 Å². The molecular weight excluding hydrogens is 312 g/mol. The van der Waals surface area contributed by atoms with Crippen molar-refractivity contribution in [2.24, 2.45) is 5.73 Å². The van der Waals surface area contributed by atoms with E-state index in [1.54, 1.807) is 0 Å². The van der Waals surface area contributed by atoms with E-state index in [-0.39, 0.29) is 24.4 Å². The smallest absolute Gasteiger partial charge is 0.227 e. The summed E-state index contributed by atoms with van der Waals surface area (Å²) in [6, 6.07) is 10.1. The summed E-state index contributed by atoms with van der Waals surface area (Å²) in [7, 11) is 0. The van der Waals surface area contributed by atoms with E-state index in [2.05, 4.69) is 5.10 Å². The molecule has 23 heavy (non-hydrogen) atoms. The average molecular weight is 335 g/mol. The molecule has 2 heterocycles. The van der Waals surface area contributed by atoms with Crippen LogP contribution in [0.1, 0.15) is 23.4 Å². The summed E-state index contributed by atoms with van der Waals surface area (Å²) in [5.41, 5.74) is 9.87. The number of nitrogens with two attached hydrogens (primary N) is 1. The first kappa shape index (κ1) is 17.5. The van der Waals surface area contributed by atoms with Crippen LogP contribution in [0.25, 0.3) is 5.69 Å². The minimum atomic E-state index is 0. The van der Waals surface area contributed by atoms with Gasteiger partial charge >= 0.3 is 0 Å². The molecule has 1 aliphatic rings. The molecule has 0 aliphatic carbocycles. The van der Waals surface area contributed by atoms with E-state index in [1.165, 1.54) is 0 Å². The number of para-hydroxylation sites is 1. The van der Waals surface area contributed by atoms with Crippen LogP contribution in [0.5, 0.6) is 0 Å². The predicted octanol–water partition coefficient (Wildman–Crippen LogP) is 2.01. The molecule has 124 valence electrons. The first-order chi connectivity index (χ1) is 10.6. The number of likely N-dealkylation sites (tertiary alicyclic amines) is 1. The lowest BCUT2D eigenvalue weighted by Gasteiger charge is -2.15. The lowest BCUT2D eigenvalue weighted by molar-refractivity contribution is -0.129. The van der Waals surface area contributed by atoms with Crippen molar-refractivity contribution < 1.29 is 4.79 Å². The number of nitrogens with zero attached hydrogens (tertiary/aromatic N) is 3. The molecule has 0 bridgehead atoms. The maximum atomic E-state index is 12.4. The standard InChI is InChI=1S/C17H22N4O.ClH/c1-12-16(10-17(22)20-9-8-14(18)11-20)13(2)21(19-12)15-6-4-3-5-7-15;/h3-7,14H,8-11,18H2,1-2H3;1H/t14-;/m1./s1. The third kappa shape index (κ3) is 3.57. The quantitative estimate of drug-likeness (QED) is 0.934. The number of rotatable bonds is 3. The number of carbonyl (C=O) groups excluding carboxylic acids is 1. The van der Waals surface area contributed by atoms with Gasteiger partial charge in [0.15, 0.2) is 0 Å². The highest BCUT2D eigenvalue weighted by Crippen LogP contribution is 2.20. The summed E-state index contributed by atoms with van der Waals surface area (Å²) in [4.78, 5) is 14.3. The molecule has 2 N–H and O–H groups in total. The van der Waals surface area contributed by atoms with Gasteiger partial charge in [0.2, 0.25) is 5.91 Å². The van der Waals surface area contributed by atoms with E-state index in [0.29, 0.717) is 13.0 Å². The summed E-state index contributed by atoms with van der Waals surface area (Å²) in [5, 5.41) is 4.60. The van der Waals surface area contributed by atoms with Gasteiger partial charge < -0.3 is 10.6 Å². The van der Waals surface area contributed by atoms with E-state index in [1.807, 2.05) is 53.8 Å². The zero-order valence-electron chi connectivity index (χ0n) is 13.5. The highest BCUT2D eigenvalue weighted by atomic mass is 35.5. The first-order valence-electron chi connectivity index (χ1n) is 7.70. The Hall–Kier alpha value is -1.85. The molecular formula is C17H23ClN4O. The second-order valence-electron chi connectivity index (χ2n) is 5.96. The number of carbonyl (C=O) groups is 1. The molecule has 0 unspecified atom stereocenters. The monoisotopic (exact) mass is 334 g/mol.